The molecule has 1 heterocycles. The van der Waals surface area contributed by atoms with Gasteiger partial charge < -0.3 is 14.9 Å². The van der Waals surface area contributed by atoms with E-state index in [4.69, 9.17) is 5.11 Å². The van der Waals surface area contributed by atoms with Crippen LogP contribution < -0.4 is 0 Å². The molecule has 0 aromatic heterocycles. The van der Waals surface area contributed by atoms with Gasteiger partial charge in [0.1, 0.15) is 6.54 Å². The number of thioether (sulfide) groups is 1. The fourth-order valence-electron chi connectivity index (χ4n) is 2.40. The summed E-state index contributed by atoms with van der Waals surface area (Å²) >= 11 is 1.41. The molecule has 0 aliphatic carbocycles. The van der Waals surface area contributed by atoms with E-state index in [9.17, 15) is 14.4 Å². The van der Waals surface area contributed by atoms with Crippen molar-refractivity contribution in [1.29, 1.82) is 0 Å². The summed E-state index contributed by atoms with van der Waals surface area (Å²) in [6, 6.07) is 9.44. The number of carboxylic acid groups (broad SMARTS) is 1. The van der Waals surface area contributed by atoms with Gasteiger partial charge in [-0.3, -0.25) is 14.4 Å². The molecule has 0 atom stereocenters. The second kappa shape index (κ2) is 8.54. The summed E-state index contributed by atoms with van der Waals surface area (Å²) in [5.74, 6) is -1.02. The van der Waals surface area contributed by atoms with E-state index in [0.29, 0.717) is 18.0 Å². The summed E-state index contributed by atoms with van der Waals surface area (Å²) in [6.07, 6.45) is -0.106. The van der Waals surface area contributed by atoms with Crippen molar-refractivity contribution in [2.75, 3.05) is 25.4 Å². The standard InChI is InChI=1S/C17H20N2O4S/c1-2-18(9-8-17(22)23)15(20)10-19-14(11-24-12-16(19)21)13-6-4-3-5-7-13/h3-7,11H,2,8-10,12H2,1H3,(H,22,23). The van der Waals surface area contributed by atoms with E-state index in [1.54, 1.807) is 6.92 Å². The molecule has 2 rings (SSSR count). The van der Waals surface area contributed by atoms with Crippen molar-refractivity contribution in [3.63, 3.8) is 0 Å². The van der Waals surface area contributed by atoms with Crippen molar-refractivity contribution < 1.29 is 19.5 Å². The molecular weight excluding hydrogens is 328 g/mol. The Morgan fingerprint density at radius 3 is 2.62 bits per heavy atom. The molecule has 1 N–H and O–H groups in total. The van der Waals surface area contributed by atoms with Crippen LogP contribution in [0.1, 0.15) is 18.9 Å². The lowest BCUT2D eigenvalue weighted by Gasteiger charge is -2.30. The van der Waals surface area contributed by atoms with Gasteiger partial charge in [0.15, 0.2) is 0 Å². The highest BCUT2D eigenvalue weighted by atomic mass is 32.2. The Balaban J connectivity index is 2.13. The average molecular weight is 348 g/mol. The van der Waals surface area contributed by atoms with E-state index in [1.807, 2.05) is 35.7 Å². The Bertz CT molecular complexity index is 645. The summed E-state index contributed by atoms with van der Waals surface area (Å²) < 4.78 is 0. The first-order chi connectivity index (χ1) is 11.5. The number of nitrogens with zero attached hydrogens (tertiary/aromatic N) is 2. The summed E-state index contributed by atoms with van der Waals surface area (Å²) in [4.78, 5) is 38.4. The first-order valence-corrected chi connectivity index (χ1v) is 8.75. The van der Waals surface area contributed by atoms with Crippen molar-refractivity contribution in [3.8, 4) is 0 Å². The Hall–Kier alpha value is -2.28. The normalized spacial score (nSPS) is 14.3. The van der Waals surface area contributed by atoms with Gasteiger partial charge in [-0.05, 0) is 17.9 Å². The number of benzene rings is 1. The molecule has 0 saturated heterocycles. The minimum Gasteiger partial charge on any atom is -0.481 e. The van der Waals surface area contributed by atoms with Gasteiger partial charge in [-0.1, -0.05) is 30.3 Å². The fraction of sp³-hybridized carbons (Fsp3) is 0.353. The van der Waals surface area contributed by atoms with Crippen LogP contribution in [0, 0.1) is 0 Å². The van der Waals surface area contributed by atoms with E-state index >= 15 is 0 Å². The van der Waals surface area contributed by atoms with Gasteiger partial charge in [-0.25, -0.2) is 0 Å². The molecule has 128 valence electrons. The number of carbonyl (C=O) groups is 3. The maximum atomic E-state index is 12.5. The van der Waals surface area contributed by atoms with Crippen molar-refractivity contribution in [2.45, 2.75) is 13.3 Å². The minimum absolute atomic E-state index is 0.0758. The van der Waals surface area contributed by atoms with Crippen LogP contribution in [0.25, 0.3) is 5.70 Å². The first-order valence-electron chi connectivity index (χ1n) is 7.70. The van der Waals surface area contributed by atoms with Gasteiger partial charge >= 0.3 is 5.97 Å². The van der Waals surface area contributed by atoms with Crippen LogP contribution in [0.2, 0.25) is 0 Å². The van der Waals surface area contributed by atoms with E-state index in [2.05, 4.69) is 0 Å². The molecule has 0 unspecified atom stereocenters. The molecule has 1 aromatic carbocycles. The lowest BCUT2D eigenvalue weighted by atomic mass is 10.1. The first kappa shape index (κ1) is 18.1. The number of hydrogen-bond acceptors (Lipinski definition) is 4. The van der Waals surface area contributed by atoms with Gasteiger partial charge in [0.2, 0.25) is 11.8 Å². The Labute approximate surface area is 145 Å². The Morgan fingerprint density at radius 2 is 2.00 bits per heavy atom. The Morgan fingerprint density at radius 1 is 1.29 bits per heavy atom. The zero-order chi connectivity index (χ0) is 17.5. The molecular formula is C17H20N2O4S. The average Bonchev–Trinajstić information content (AvgIpc) is 2.57. The van der Waals surface area contributed by atoms with Gasteiger partial charge in [0, 0.05) is 13.1 Å². The lowest BCUT2D eigenvalue weighted by Crippen LogP contribution is -2.44. The molecule has 7 heteroatoms. The largest absolute Gasteiger partial charge is 0.481 e. The lowest BCUT2D eigenvalue weighted by molar-refractivity contribution is -0.140. The predicted octanol–water partition coefficient (Wildman–Crippen LogP) is 1.88. The number of rotatable bonds is 7. The molecule has 24 heavy (non-hydrogen) atoms. The second-order valence-electron chi connectivity index (χ2n) is 5.28. The number of hydrogen-bond donors (Lipinski definition) is 1. The Kier molecular flexibility index (Phi) is 6.43. The quantitative estimate of drug-likeness (QED) is 0.814. The van der Waals surface area contributed by atoms with Crippen LogP contribution in [0.5, 0.6) is 0 Å². The number of carboxylic acids is 1. The van der Waals surface area contributed by atoms with Crippen molar-refractivity contribution in [1.82, 2.24) is 9.80 Å². The minimum atomic E-state index is -0.948. The highest BCUT2D eigenvalue weighted by Crippen LogP contribution is 2.28. The van der Waals surface area contributed by atoms with Crippen LogP contribution in [-0.4, -0.2) is 58.1 Å². The third kappa shape index (κ3) is 4.61. The molecule has 0 saturated carbocycles. The van der Waals surface area contributed by atoms with E-state index in [0.717, 1.165) is 5.56 Å². The third-order valence-electron chi connectivity index (χ3n) is 3.69. The molecule has 6 nitrogen and oxygen atoms in total. The summed E-state index contributed by atoms with van der Waals surface area (Å²) in [6.45, 7) is 2.27. The van der Waals surface area contributed by atoms with Crippen LogP contribution >= 0.6 is 11.8 Å². The highest BCUT2D eigenvalue weighted by Gasteiger charge is 2.27. The van der Waals surface area contributed by atoms with E-state index in [-0.39, 0.29) is 31.3 Å². The zero-order valence-electron chi connectivity index (χ0n) is 13.5. The highest BCUT2D eigenvalue weighted by molar-refractivity contribution is 8.03. The van der Waals surface area contributed by atoms with Crippen LogP contribution in [0.15, 0.2) is 35.7 Å². The van der Waals surface area contributed by atoms with E-state index < -0.39 is 5.97 Å². The number of amides is 2. The maximum Gasteiger partial charge on any atom is 0.305 e. The summed E-state index contributed by atoms with van der Waals surface area (Å²) in [7, 11) is 0. The monoisotopic (exact) mass is 348 g/mol. The molecule has 2 amide bonds. The molecule has 0 fully saturated rings. The molecule has 1 aliphatic rings. The third-order valence-corrected chi connectivity index (χ3v) is 4.49. The van der Waals surface area contributed by atoms with Crippen LogP contribution in [0.3, 0.4) is 0 Å². The van der Waals surface area contributed by atoms with Crippen LogP contribution in [-0.2, 0) is 14.4 Å². The molecule has 0 spiro atoms. The molecule has 0 radical (unpaired) electrons. The maximum absolute atomic E-state index is 12.5. The molecule has 1 aliphatic heterocycles. The number of likely N-dealkylation sites (N-methyl/N-ethyl adjacent to an activating group) is 1. The fourth-order valence-corrected chi connectivity index (χ4v) is 3.20. The smallest absolute Gasteiger partial charge is 0.305 e. The van der Waals surface area contributed by atoms with Crippen molar-refractivity contribution in [2.24, 2.45) is 0 Å². The second-order valence-corrected chi connectivity index (χ2v) is 6.13. The zero-order valence-corrected chi connectivity index (χ0v) is 14.3. The SMILES string of the molecule is CCN(CCC(=O)O)C(=O)CN1C(=O)CSC=C1c1ccccc1. The number of aliphatic carboxylic acids is 1. The van der Waals surface area contributed by atoms with Gasteiger partial charge in [-0.2, -0.15) is 0 Å². The van der Waals surface area contributed by atoms with Gasteiger partial charge in [0.25, 0.3) is 0 Å². The van der Waals surface area contributed by atoms with Crippen molar-refractivity contribution >= 4 is 35.2 Å². The van der Waals surface area contributed by atoms with Gasteiger partial charge in [-0.15, -0.1) is 11.8 Å². The topological polar surface area (TPSA) is 77.9 Å². The summed E-state index contributed by atoms with van der Waals surface area (Å²) in [5, 5.41) is 10.7. The predicted molar refractivity (Wildman–Crippen MR) is 93.1 cm³/mol. The number of carbonyl (C=O) groups excluding carboxylic acids is 2. The van der Waals surface area contributed by atoms with Crippen molar-refractivity contribution in [3.05, 3.63) is 41.3 Å². The van der Waals surface area contributed by atoms with Gasteiger partial charge in [0.05, 0.1) is 17.9 Å². The summed E-state index contributed by atoms with van der Waals surface area (Å²) in [5.41, 5.74) is 1.58. The van der Waals surface area contributed by atoms with E-state index in [1.165, 1.54) is 21.6 Å². The van der Waals surface area contributed by atoms with Crippen LogP contribution in [0.4, 0.5) is 0 Å². The molecule has 0 bridgehead atoms. The molecule has 1 aromatic rings.